The molecule has 1 saturated heterocycles. The van der Waals surface area contributed by atoms with Crippen molar-refractivity contribution < 1.29 is 17.6 Å². The summed E-state index contributed by atoms with van der Waals surface area (Å²) in [5.74, 6) is 0.0303. The maximum atomic E-state index is 13.5. The highest BCUT2D eigenvalue weighted by atomic mass is 32.2. The zero-order valence-electron chi connectivity index (χ0n) is 19.2. The first-order valence-corrected chi connectivity index (χ1v) is 12.9. The van der Waals surface area contributed by atoms with Gasteiger partial charge in [-0.1, -0.05) is 24.3 Å². The van der Waals surface area contributed by atoms with E-state index in [2.05, 4.69) is 9.71 Å². The van der Waals surface area contributed by atoms with Crippen LogP contribution in [0.5, 0.6) is 0 Å². The van der Waals surface area contributed by atoms with Crippen LogP contribution in [0.4, 0.5) is 4.39 Å². The summed E-state index contributed by atoms with van der Waals surface area (Å²) >= 11 is 0. The first-order chi connectivity index (χ1) is 16.8. The van der Waals surface area contributed by atoms with E-state index in [1.165, 1.54) is 18.2 Å². The number of nitrogens with zero attached hydrogens (tertiary/aromatic N) is 3. The van der Waals surface area contributed by atoms with Crippen molar-refractivity contribution in [2.75, 3.05) is 13.1 Å². The van der Waals surface area contributed by atoms with Gasteiger partial charge in [-0.3, -0.25) is 9.36 Å². The van der Waals surface area contributed by atoms with Crippen LogP contribution in [-0.2, 0) is 10.0 Å². The van der Waals surface area contributed by atoms with Crippen molar-refractivity contribution in [3.63, 3.8) is 0 Å². The highest BCUT2D eigenvalue weighted by molar-refractivity contribution is 7.89. The molecule has 1 aliphatic rings. The molecule has 1 aromatic heterocycles. The Morgan fingerprint density at radius 1 is 1.06 bits per heavy atom. The Bertz CT molecular complexity index is 1500. The number of aromatic nitrogens is 2. The summed E-state index contributed by atoms with van der Waals surface area (Å²) < 4.78 is 43.6. The fourth-order valence-corrected chi connectivity index (χ4v) is 5.89. The zero-order chi connectivity index (χ0) is 24.6. The van der Waals surface area contributed by atoms with Crippen molar-refractivity contribution >= 4 is 27.0 Å². The number of sulfonamides is 1. The number of para-hydroxylation sites is 1. The number of nitrogens with one attached hydrogen (secondary N) is 1. The fraction of sp³-hybridized carbons (Fsp3) is 0.231. The van der Waals surface area contributed by atoms with E-state index >= 15 is 0 Å². The smallest absolute Gasteiger partial charge is 0.253 e. The SMILES string of the molecule is Cc1nc2cc(C(=O)N3CCCC(NS(=O)(=O)c4cccc(F)c4)C3)ccc2n1-c1ccccc1. The summed E-state index contributed by atoms with van der Waals surface area (Å²) in [6, 6.07) is 19.8. The summed E-state index contributed by atoms with van der Waals surface area (Å²) in [4.78, 5) is 19.5. The molecule has 0 bridgehead atoms. The Labute approximate surface area is 203 Å². The number of fused-ring (bicyclic) bond motifs is 1. The van der Waals surface area contributed by atoms with Crippen molar-refractivity contribution in [2.45, 2.75) is 30.7 Å². The van der Waals surface area contributed by atoms with Crippen molar-refractivity contribution in [1.82, 2.24) is 19.2 Å². The van der Waals surface area contributed by atoms with Crippen LogP contribution in [0.25, 0.3) is 16.7 Å². The lowest BCUT2D eigenvalue weighted by molar-refractivity contribution is 0.0703. The second-order valence-electron chi connectivity index (χ2n) is 8.70. The molecule has 0 spiro atoms. The molecule has 1 amide bonds. The summed E-state index contributed by atoms with van der Waals surface area (Å²) in [7, 11) is -3.89. The standard InChI is InChI=1S/C26H25FN4O3S/c1-18-28-24-15-19(12-13-25(24)31(18)22-9-3-2-4-10-22)26(32)30-14-6-8-21(17-30)29-35(33,34)23-11-5-7-20(27)16-23/h2-5,7,9-13,15-16,21,29H,6,8,14,17H2,1H3. The quantitative estimate of drug-likeness (QED) is 0.456. The molecule has 9 heteroatoms. The maximum absolute atomic E-state index is 13.5. The number of halogens is 1. The van der Waals surface area contributed by atoms with Crippen molar-refractivity contribution in [3.05, 3.63) is 90.0 Å². The van der Waals surface area contributed by atoms with E-state index in [-0.39, 0.29) is 17.3 Å². The van der Waals surface area contributed by atoms with Gasteiger partial charge in [0, 0.05) is 30.4 Å². The predicted octanol–water partition coefficient (Wildman–Crippen LogP) is 4.06. The molecule has 7 nitrogen and oxygen atoms in total. The predicted molar refractivity (Wildman–Crippen MR) is 131 cm³/mol. The molecule has 35 heavy (non-hydrogen) atoms. The molecule has 1 atom stereocenters. The Kier molecular flexibility index (Phi) is 6.12. The van der Waals surface area contributed by atoms with Crippen LogP contribution < -0.4 is 4.72 Å². The minimum absolute atomic E-state index is 0.129. The summed E-state index contributed by atoms with van der Waals surface area (Å²) in [5, 5.41) is 0. The van der Waals surface area contributed by atoms with Crippen LogP contribution in [0.2, 0.25) is 0 Å². The molecule has 1 N–H and O–H groups in total. The average Bonchev–Trinajstić information content (AvgIpc) is 3.19. The first kappa shape index (κ1) is 23.2. The highest BCUT2D eigenvalue weighted by Crippen LogP contribution is 2.24. The van der Waals surface area contributed by atoms with Gasteiger partial charge >= 0.3 is 0 Å². The molecule has 1 aliphatic heterocycles. The molecule has 180 valence electrons. The van der Waals surface area contributed by atoms with Crippen LogP contribution in [-0.4, -0.2) is 47.9 Å². The number of imidazole rings is 1. The minimum atomic E-state index is -3.89. The van der Waals surface area contributed by atoms with Crippen LogP contribution in [0.3, 0.4) is 0 Å². The minimum Gasteiger partial charge on any atom is -0.337 e. The number of carbonyl (C=O) groups is 1. The normalized spacial score (nSPS) is 16.5. The van der Waals surface area contributed by atoms with Gasteiger partial charge in [0.2, 0.25) is 10.0 Å². The molecule has 1 unspecified atom stereocenters. The number of hydrogen-bond acceptors (Lipinski definition) is 4. The third-order valence-corrected chi connectivity index (χ3v) is 7.74. The van der Waals surface area contributed by atoms with Gasteiger partial charge in [-0.2, -0.15) is 0 Å². The second kappa shape index (κ2) is 9.24. The van der Waals surface area contributed by atoms with Gasteiger partial charge in [0.15, 0.2) is 0 Å². The Balaban J connectivity index is 1.35. The number of hydrogen-bond donors (Lipinski definition) is 1. The topological polar surface area (TPSA) is 84.3 Å². The lowest BCUT2D eigenvalue weighted by Crippen LogP contribution is -2.49. The molecular weight excluding hydrogens is 467 g/mol. The summed E-state index contributed by atoms with van der Waals surface area (Å²) in [5.41, 5.74) is 3.13. The van der Waals surface area contributed by atoms with Crippen LogP contribution in [0.15, 0.2) is 77.7 Å². The van der Waals surface area contributed by atoms with Crippen LogP contribution in [0, 0.1) is 12.7 Å². The highest BCUT2D eigenvalue weighted by Gasteiger charge is 2.28. The number of aryl methyl sites for hydroxylation is 1. The van der Waals surface area contributed by atoms with Gasteiger partial charge in [0.05, 0.1) is 15.9 Å². The number of carbonyl (C=O) groups excluding carboxylic acids is 1. The monoisotopic (exact) mass is 492 g/mol. The third kappa shape index (κ3) is 4.69. The van der Waals surface area contributed by atoms with E-state index in [9.17, 15) is 17.6 Å². The van der Waals surface area contributed by atoms with E-state index in [0.29, 0.717) is 24.9 Å². The van der Waals surface area contributed by atoms with E-state index in [4.69, 9.17) is 0 Å². The Hall–Kier alpha value is -3.56. The fourth-order valence-electron chi connectivity index (χ4n) is 4.60. The molecular formula is C26H25FN4O3S. The van der Waals surface area contributed by atoms with E-state index < -0.39 is 21.9 Å². The van der Waals surface area contributed by atoms with Gasteiger partial charge in [-0.25, -0.2) is 22.5 Å². The van der Waals surface area contributed by atoms with Crippen LogP contribution in [0.1, 0.15) is 29.0 Å². The zero-order valence-corrected chi connectivity index (χ0v) is 20.0. The van der Waals surface area contributed by atoms with Crippen molar-refractivity contribution in [3.8, 4) is 5.69 Å². The number of rotatable bonds is 5. The molecule has 0 radical (unpaired) electrons. The lowest BCUT2D eigenvalue weighted by atomic mass is 10.1. The van der Waals surface area contributed by atoms with E-state index in [0.717, 1.165) is 28.6 Å². The Morgan fingerprint density at radius 2 is 1.86 bits per heavy atom. The first-order valence-electron chi connectivity index (χ1n) is 11.4. The number of benzene rings is 3. The van der Waals surface area contributed by atoms with Crippen LogP contribution >= 0.6 is 0 Å². The number of piperidine rings is 1. The molecule has 4 aromatic rings. The van der Waals surface area contributed by atoms with Gasteiger partial charge in [0.25, 0.3) is 5.91 Å². The molecule has 0 saturated carbocycles. The second-order valence-corrected chi connectivity index (χ2v) is 10.4. The van der Waals surface area contributed by atoms with Gasteiger partial charge < -0.3 is 4.90 Å². The van der Waals surface area contributed by atoms with Crippen molar-refractivity contribution in [2.24, 2.45) is 0 Å². The third-order valence-electron chi connectivity index (χ3n) is 6.22. The van der Waals surface area contributed by atoms with E-state index in [1.54, 1.807) is 17.0 Å². The van der Waals surface area contributed by atoms with Gasteiger partial charge in [0.1, 0.15) is 11.6 Å². The van der Waals surface area contributed by atoms with Gasteiger partial charge in [-0.05, 0) is 68.3 Å². The molecule has 3 aromatic carbocycles. The molecule has 1 fully saturated rings. The molecule has 0 aliphatic carbocycles. The largest absolute Gasteiger partial charge is 0.337 e. The maximum Gasteiger partial charge on any atom is 0.253 e. The number of amides is 1. The summed E-state index contributed by atoms with van der Waals surface area (Å²) in [6.45, 7) is 2.70. The average molecular weight is 493 g/mol. The van der Waals surface area contributed by atoms with Crippen molar-refractivity contribution in [1.29, 1.82) is 0 Å². The van der Waals surface area contributed by atoms with E-state index in [1.807, 2.05) is 47.9 Å². The lowest BCUT2D eigenvalue weighted by Gasteiger charge is -2.33. The molecule has 5 rings (SSSR count). The number of likely N-dealkylation sites (tertiary alicyclic amines) is 1. The van der Waals surface area contributed by atoms with Gasteiger partial charge in [-0.15, -0.1) is 0 Å². The Morgan fingerprint density at radius 3 is 2.63 bits per heavy atom. The molecule has 2 heterocycles. The summed E-state index contributed by atoms with van der Waals surface area (Å²) in [6.07, 6.45) is 1.25.